The lowest BCUT2D eigenvalue weighted by molar-refractivity contribution is -0.140. The topological polar surface area (TPSA) is 49.8 Å². The van der Waals surface area contributed by atoms with E-state index in [-0.39, 0.29) is 18.7 Å². The van der Waals surface area contributed by atoms with Crippen LogP contribution in [-0.4, -0.2) is 41.9 Å². The Labute approximate surface area is 91.5 Å². The lowest BCUT2D eigenvalue weighted by Gasteiger charge is -2.26. The molecule has 1 amide bonds. The molecule has 1 radical (unpaired) electrons. The van der Waals surface area contributed by atoms with Crippen molar-refractivity contribution in [3.8, 4) is 0 Å². The molecule has 0 fully saturated rings. The van der Waals surface area contributed by atoms with Crippen molar-refractivity contribution in [3.63, 3.8) is 0 Å². The summed E-state index contributed by atoms with van der Waals surface area (Å²) in [7, 11) is 1.65. The number of rotatable bonds is 6. The van der Waals surface area contributed by atoms with Gasteiger partial charge < -0.3 is 14.7 Å². The number of carbonyl (C=O) groups excluding carboxylic acids is 1. The second-order valence-corrected chi connectivity index (χ2v) is 3.37. The van der Waals surface area contributed by atoms with Crippen molar-refractivity contribution in [3.05, 3.63) is 19.1 Å². The third-order valence-electron chi connectivity index (χ3n) is 1.87. The lowest BCUT2D eigenvalue weighted by atomic mass is 10.3. The van der Waals surface area contributed by atoms with Crippen LogP contribution in [0.15, 0.2) is 12.2 Å². The number of allylic oxidation sites excluding steroid dienone is 1. The first-order valence-corrected chi connectivity index (χ1v) is 5.01. The summed E-state index contributed by atoms with van der Waals surface area (Å²) in [6, 6.07) is 0. The summed E-state index contributed by atoms with van der Waals surface area (Å²) in [5, 5.41) is 9.06. The van der Waals surface area contributed by atoms with Gasteiger partial charge in [0.05, 0.1) is 12.7 Å². The fourth-order valence-electron chi connectivity index (χ4n) is 1.04. The number of carbonyl (C=O) groups is 1. The molecule has 2 atom stereocenters. The average molecular weight is 214 g/mol. The molecule has 0 aromatic rings. The van der Waals surface area contributed by atoms with Crippen LogP contribution in [-0.2, 0) is 9.53 Å². The van der Waals surface area contributed by atoms with Crippen LogP contribution in [0.25, 0.3) is 0 Å². The zero-order valence-corrected chi connectivity index (χ0v) is 9.64. The molecule has 1 N–H and O–H groups in total. The van der Waals surface area contributed by atoms with Gasteiger partial charge in [0, 0.05) is 7.05 Å². The van der Waals surface area contributed by atoms with E-state index in [9.17, 15) is 4.79 Å². The van der Waals surface area contributed by atoms with Gasteiger partial charge in [-0.05, 0) is 33.3 Å². The number of aliphatic hydroxyl groups excluding tert-OH is 1. The molecule has 0 rings (SSSR count). The molecule has 87 valence electrons. The first-order valence-electron chi connectivity index (χ1n) is 5.01. The van der Waals surface area contributed by atoms with E-state index in [1.54, 1.807) is 27.0 Å². The fraction of sp³-hybridized carbons (Fsp3) is 0.636. The van der Waals surface area contributed by atoms with Crippen molar-refractivity contribution in [1.29, 1.82) is 0 Å². The predicted octanol–water partition coefficient (Wildman–Crippen LogP) is 0.969. The van der Waals surface area contributed by atoms with Crippen molar-refractivity contribution in [2.75, 3.05) is 13.7 Å². The van der Waals surface area contributed by atoms with E-state index >= 15 is 0 Å². The Hall–Kier alpha value is -0.870. The molecule has 0 saturated heterocycles. The zero-order valence-electron chi connectivity index (χ0n) is 9.64. The van der Waals surface area contributed by atoms with Gasteiger partial charge in [-0.3, -0.25) is 4.79 Å². The molecular formula is C11H20NO3. The summed E-state index contributed by atoms with van der Waals surface area (Å²) in [5.41, 5.74) is 0. The Morgan fingerprint density at radius 1 is 1.67 bits per heavy atom. The summed E-state index contributed by atoms with van der Waals surface area (Å²) in [4.78, 5) is 12.9. The number of nitrogens with zero attached hydrogens (tertiary/aromatic N) is 1. The minimum atomic E-state index is -0.538. The van der Waals surface area contributed by atoms with E-state index < -0.39 is 6.10 Å². The van der Waals surface area contributed by atoms with Crippen LogP contribution in [0.5, 0.6) is 0 Å². The summed E-state index contributed by atoms with van der Waals surface area (Å²) in [6.45, 7) is 7.32. The molecular weight excluding hydrogens is 194 g/mol. The van der Waals surface area contributed by atoms with Gasteiger partial charge in [0.2, 0.25) is 5.91 Å². The monoisotopic (exact) mass is 214 g/mol. The van der Waals surface area contributed by atoms with E-state index in [1.807, 2.05) is 0 Å². The smallest absolute Gasteiger partial charge is 0.247 e. The van der Waals surface area contributed by atoms with Crippen LogP contribution in [0.4, 0.5) is 0 Å². The normalized spacial score (nSPS) is 15.3. The highest BCUT2D eigenvalue weighted by Crippen LogP contribution is 2.05. The molecule has 0 bridgehead atoms. The quantitative estimate of drug-likeness (QED) is 0.529. The van der Waals surface area contributed by atoms with Gasteiger partial charge in [-0.2, -0.15) is 0 Å². The van der Waals surface area contributed by atoms with Gasteiger partial charge in [0.1, 0.15) is 6.23 Å². The van der Waals surface area contributed by atoms with Crippen LogP contribution in [0.2, 0.25) is 0 Å². The van der Waals surface area contributed by atoms with Crippen LogP contribution in [0, 0.1) is 6.92 Å². The fourth-order valence-corrected chi connectivity index (χ4v) is 1.04. The number of likely N-dealkylation sites (N-methyl/N-ethyl adjacent to an activating group) is 1. The Balaban J connectivity index is 4.20. The third-order valence-corrected chi connectivity index (χ3v) is 1.87. The third kappa shape index (κ3) is 5.54. The van der Waals surface area contributed by atoms with Crippen LogP contribution in [0.1, 0.15) is 20.3 Å². The van der Waals surface area contributed by atoms with E-state index in [4.69, 9.17) is 9.84 Å². The number of aliphatic hydroxyl groups is 1. The van der Waals surface area contributed by atoms with Gasteiger partial charge >= 0.3 is 0 Å². The molecule has 0 spiro atoms. The van der Waals surface area contributed by atoms with Crippen molar-refractivity contribution in [1.82, 2.24) is 4.90 Å². The molecule has 0 aromatic heterocycles. The highest BCUT2D eigenvalue weighted by atomic mass is 16.5. The zero-order chi connectivity index (χ0) is 11.8. The molecule has 2 unspecified atom stereocenters. The molecule has 0 aliphatic heterocycles. The summed E-state index contributed by atoms with van der Waals surface area (Å²) >= 11 is 0. The Bertz CT molecular complexity index is 214. The second kappa shape index (κ2) is 7.43. The Morgan fingerprint density at radius 3 is 2.67 bits per heavy atom. The highest BCUT2D eigenvalue weighted by Gasteiger charge is 2.17. The SMILES string of the molecule is [CH2]CC(OCC(C)O)N(C)C(=O)C=CC. The summed E-state index contributed by atoms with van der Waals surface area (Å²) in [6.07, 6.45) is 2.67. The van der Waals surface area contributed by atoms with Crippen molar-refractivity contribution < 1.29 is 14.6 Å². The van der Waals surface area contributed by atoms with Gasteiger partial charge in [0.25, 0.3) is 0 Å². The number of hydrogen-bond donors (Lipinski definition) is 1. The minimum absolute atomic E-state index is 0.128. The number of amides is 1. The van der Waals surface area contributed by atoms with Crippen LogP contribution < -0.4 is 0 Å². The Kier molecular flexibility index (Phi) is 6.99. The maximum absolute atomic E-state index is 11.5. The number of hydrogen-bond acceptors (Lipinski definition) is 3. The standard InChI is InChI=1S/C11H20NO3/c1-5-7-10(14)12(4)11(6-2)15-8-9(3)13/h5,7,9,11,13H,2,6,8H2,1,3-4H3. The maximum atomic E-state index is 11.5. The molecule has 15 heavy (non-hydrogen) atoms. The van der Waals surface area contributed by atoms with Gasteiger partial charge in [0.15, 0.2) is 0 Å². The van der Waals surface area contributed by atoms with Crippen molar-refractivity contribution in [2.45, 2.75) is 32.6 Å². The predicted molar refractivity (Wildman–Crippen MR) is 59.0 cm³/mol. The van der Waals surface area contributed by atoms with E-state index in [2.05, 4.69) is 6.92 Å². The summed E-state index contributed by atoms with van der Waals surface area (Å²) in [5.74, 6) is -0.128. The molecule has 0 aliphatic carbocycles. The van der Waals surface area contributed by atoms with Gasteiger partial charge in [-0.25, -0.2) is 0 Å². The largest absolute Gasteiger partial charge is 0.391 e. The summed E-state index contributed by atoms with van der Waals surface area (Å²) < 4.78 is 5.34. The Morgan fingerprint density at radius 2 is 2.27 bits per heavy atom. The van der Waals surface area contributed by atoms with E-state index in [0.717, 1.165) is 0 Å². The van der Waals surface area contributed by atoms with Crippen LogP contribution in [0.3, 0.4) is 0 Å². The van der Waals surface area contributed by atoms with Gasteiger partial charge in [-0.1, -0.05) is 6.08 Å². The molecule has 0 heterocycles. The second-order valence-electron chi connectivity index (χ2n) is 3.37. The van der Waals surface area contributed by atoms with Gasteiger partial charge in [-0.15, -0.1) is 0 Å². The van der Waals surface area contributed by atoms with E-state index in [0.29, 0.717) is 6.42 Å². The average Bonchev–Trinajstić information content (AvgIpc) is 2.18. The molecule has 0 aliphatic rings. The lowest BCUT2D eigenvalue weighted by Crippen LogP contribution is -2.38. The van der Waals surface area contributed by atoms with Crippen molar-refractivity contribution >= 4 is 5.91 Å². The molecule has 4 nitrogen and oxygen atoms in total. The first kappa shape index (κ1) is 14.1. The minimum Gasteiger partial charge on any atom is -0.391 e. The highest BCUT2D eigenvalue weighted by molar-refractivity contribution is 5.87. The van der Waals surface area contributed by atoms with Crippen molar-refractivity contribution in [2.24, 2.45) is 0 Å². The maximum Gasteiger partial charge on any atom is 0.247 e. The van der Waals surface area contributed by atoms with E-state index in [1.165, 1.54) is 11.0 Å². The first-order chi connectivity index (χ1) is 7.02. The molecule has 4 heteroatoms. The van der Waals surface area contributed by atoms with Crippen LogP contribution >= 0.6 is 0 Å². The molecule has 0 aromatic carbocycles. The molecule has 0 saturated carbocycles. The number of ether oxygens (including phenoxy) is 1.